The van der Waals surface area contributed by atoms with Crippen molar-refractivity contribution in [3.8, 4) is 0 Å². The Bertz CT molecular complexity index is 414. The molecule has 0 atom stereocenters. The molecule has 0 N–H and O–H groups in total. The predicted molar refractivity (Wildman–Crippen MR) is 69.1 cm³/mol. The molecule has 1 aromatic carbocycles. The van der Waals surface area contributed by atoms with Crippen molar-refractivity contribution in [3.63, 3.8) is 0 Å². The van der Waals surface area contributed by atoms with Crippen molar-refractivity contribution in [1.29, 1.82) is 0 Å². The van der Waals surface area contributed by atoms with Crippen LogP contribution >= 0.6 is 11.6 Å². The van der Waals surface area contributed by atoms with Crippen molar-refractivity contribution in [3.05, 3.63) is 28.8 Å². The third-order valence-corrected chi connectivity index (χ3v) is 3.26. The van der Waals surface area contributed by atoms with Crippen LogP contribution < -0.4 is 4.90 Å². The highest BCUT2D eigenvalue weighted by Crippen LogP contribution is 2.29. The molecule has 0 bridgehead atoms. The molecule has 92 valence electrons. The standard InChI is InChI=1S/C13H16ClNO2/c1-2-12(16)13-10(14)4-3-5-11(13)15-6-8-17-9-7-15/h3-5H,2,6-9H2,1H3. The fraction of sp³-hybridized carbons (Fsp3) is 0.462. The molecule has 1 saturated heterocycles. The molecule has 0 aliphatic carbocycles. The van der Waals surface area contributed by atoms with Crippen LogP contribution in [-0.2, 0) is 4.74 Å². The van der Waals surface area contributed by atoms with E-state index in [1.54, 1.807) is 6.07 Å². The zero-order chi connectivity index (χ0) is 12.3. The normalized spacial score (nSPS) is 16.0. The number of rotatable bonds is 3. The van der Waals surface area contributed by atoms with Gasteiger partial charge in [-0.1, -0.05) is 24.6 Å². The van der Waals surface area contributed by atoms with E-state index in [1.165, 1.54) is 0 Å². The molecule has 3 nitrogen and oxygen atoms in total. The smallest absolute Gasteiger partial charge is 0.166 e. The fourth-order valence-corrected chi connectivity index (χ4v) is 2.31. The molecule has 2 rings (SSSR count). The summed E-state index contributed by atoms with van der Waals surface area (Å²) in [5.41, 5.74) is 1.59. The molecule has 0 saturated carbocycles. The summed E-state index contributed by atoms with van der Waals surface area (Å²) in [6, 6.07) is 5.62. The van der Waals surface area contributed by atoms with Crippen LogP contribution in [0.2, 0.25) is 5.02 Å². The average molecular weight is 254 g/mol. The van der Waals surface area contributed by atoms with Crippen LogP contribution in [0.25, 0.3) is 0 Å². The summed E-state index contributed by atoms with van der Waals surface area (Å²) >= 11 is 6.14. The van der Waals surface area contributed by atoms with Crippen LogP contribution in [0.15, 0.2) is 18.2 Å². The van der Waals surface area contributed by atoms with Crippen molar-refractivity contribution < 1.29 is 9.53 Å². The maximum atomic E-state index is 12.0. The van der Waals surface area contributed by atoms with E-state index in [4.69, 9.17) is 16.3 Å². The molecular formula is C13H16ClNO2. The number of halogens is 1. The lowest BCUT2D eigenvalue weighted by Crippen LogP contribution is -2.37. The number of hydrogen-bond acceptors (Lipinski definition) is 3. The van der Waals surface area contributed by atoms with Gasteiger partial charge in [-0.25, -0.2) is 0 Å². The summed E-state index contributed by atoms with van der Waals surface area (Å²) in [5.74, 6) is 0.0945. The van der Waals surface area contributed by atoms with Crippen molar-refractivity contribution in [1.82, 2.24) is 0 Å². The Morgan fingerprint density at radius 2 is 2.12 bits per heavy atom. The second kappa shape index (κ2) is 5.52. The zero-order valence-electron chi connectivity index (χ0n) is 9.91. The third-order valence-electron chi connectivity index (χ3n) is 2.94. The molecule has 1 aliphatic heterocycles. The topological polar surface area (TPSA) is 29.5 Å². The molecule has 17 heavy (non-hydrogen) atoms. The van der Waals surface area contributed by atoms with Gasteiger partial charge in [0, 0.05) is 25.2 Å². The van der Waals surface area contributed by atoms with E-state index < -0.39 is 0 Å². The van der Waals surface area contributed by atoms with E-state index in [-0.39, 0.29) is 5.78 Å². The van der Waals surface area contributed by atoms with Gasteiger partial charge < -0.3 is 9.64 Å². The molecular weight excluding hydrogens is 238 g/mol. The quantitative estimate of drug-likeness (QED) is 0.776. The molecule has 0 amide bonds. The maximum absolute atomic E-state index is 12.0. The minimum atomic E-state index is 0.0945. The van der Waals surface area contributed by atoms with Gasteiger partial charge in [-0.05, 0) is 12.1 Å². The van der Waals surface area contributed by atoms with Crippen molar-refractivity contribution in [2.45, 2.75) is 13.3 Å². The second-order valence-electron chi connectivity index (χ2n) is 4.01. The minimum Gasteiger partial charge on any atom is -0.378 e. The Morgan fingerprint density at radius 3 is 2.76 bits per heavy atom. The van der Waals surface area contributed by atoms with E-state index in [2.05, 4.69) is 4.90 Å². The van der Waals surface area contributed by atoms with Crippen LogP contribution in [0.1, 0.15) is 23.7 Å². The third kappa shape index (κ3) is 2.61. The summed E-state index contributed by atoms with van der Waals surface area (Å²) < 4.78 is 5.32. The lowest BCUT2D eigenvalue weighted by molar-refractivity contribution is 0.0986. The van der Waals surface area contributed by atoms with Gasteiger partial charge in [0.2, 0.25) is 0 Å². The number of hydrogen-bond donors (Lipinski definition) is 0. The van der Waals surface area contributed by atoms with Gasteiger partial charge in [0.1, 0.15) is 0 Å². The molecule has 0 radical (unpaired) electrons. The Morgan fingerprint density at radius 1 is 1.41 bits per heavy atom. The zero-order valence-corrected chi connectivity index (χ0v) is 10.7. The number of anilines is 1. The average Bonchev–Trinajstić information content (AvgIpc) is 2.38. The number of carbonyl (C=O) groups is 1. The van der Waals surface area contributed by atoms with Gasteiger partial charge in [-0.3, -0.25) is 4.79 Å². The SMILES string of the molecule is CCC(=O)c1c(Cl)cccc1N1CCOCC1. The Balaban J connectivity index is 2.38. The van der Waals surface area contributed by atoms with Crippen LogP contribution in [0, 0.1) is 0 Å². The van der Waals surface area contributed by atoms with Crippen molar-refractivity contribution >= 4 is 23.1 Å². The minimum absolute atomic E-state index is 0.0945. The number of morpholine rings is 1. The van der Waals surface area contributed by atoms with Crippen LogP contribution in [0.4, 0.5) is 5.69 Å². The van der Waals surface area contributed by atoms with Gasteiger partial charge in [-0.15, -0.1) is 0 Å². The van der Waals surface area contributed by atoms with Gasteiger partial charge in [0.05, 0.1) is 23.8 Å². The Hall–Kier alpha value is -1.06. The summed E-state index contributed by atoms with van der Waals surface area (Å²) in [6.45, 7) is 4.88. The monoisotopic (exact) mass is 253 g/mol. The summed E-state index contributed by atoms with van der Waals surface area (Å²) in [5, 5.41) is 0.542. The number of carbonyl (C=O) groups excluding carboxylic acids is 1. The summed E-state index contributed by atoms with van der Waals surface area (Å²) in [7, 11) is 0. The number of ketones is 1. The van der Waals surface area contributed by atoms with Crippen LogP contribution in [-0.4, -0.2) is 32.1 Å². The van der Waals surface area contributed by atoms with Crippen LogP contribution in [0.5, 0.6) is 0 Å². The summed E-state index contributed by atoms with van der Waals surface area (Å²) in [6.07, 6.45) is 0.473. The molecule has 1 aromatic rings. The lowest BCUT2D eigenvalue weighted by Gasteiger charge is -2.30. The molecule has 0 aromatic heterocycles. The van der Waals surface area contributed by atoms with Crippen LogP contribution in [0.3, 0.4) is 0 Å². The first-order valence-electron chi connectivity index (χ1n) is 5.88. The molecule has 1 aliphatic rings. The van der Waals surface area contributed by atoms with Crippen molar-refractivity contribution in [2.75, 3.05) is 31.2 Å². The van der Waals surface area contributed by atoms with Gasteiger partial charge in [0.25, 0.3) is 0 Å². The highest BCUT2D eigenvalue weighted by atomic mass is 35.5. The van der Waals surface area contributed by atoms with E-state index in [1.807, 2.05) is 19.1 Å². The number of benzene rings is 1. The Kier molecular flexibility index (Phi) is 4.02. The molecule has 0 spiro atoms. The van der Waals surface area contributed by atoms with E-state index in [0.717, 1.165) is 18.8 Å². The predicted octanol–water partition coefficient (Wildman–Crippen LogP) is 2.77. The molecule has 1 fully saturated rings. The molecule has 1 heterocycles. The summed E-state index contributed by atoms with van der Waals surface area (Å²) in [4.78, 5) is 14.1. The van der Waals surface area contributed by atoms with E-state index in [0.29, 0.717) is 30.2 Å². The Labute approximate surface area is 106 Å². The largest absolute Gasteiger partial charge is 0.378 e. The lowest BCUT2D eigenvalue weighted by atomic mass is 10.1. The van der Waals surface area contributed by atoms with Gasteiger partial charge in [-0.2, -0.15) is 0 Å². The molecule has 0 unspecified atom stereocenters. The first-order valence-corrected chi connectivity index (χ1v) is 6.26. The van der Waals surface area contributed by atoms with E-state index in [9.17, 15) is 4.79 Å². The number of ether oxygens (including phenoxy) is 1. The number of Topliss-reactive ketones (excluding diaryl/α,β-unsaturated/α-hetero) is 1. The second-order valence-corrected chi connectivity index (χ2v) is 4.42. The van der Waals surface area contributed by atoms with Crippen molar-refractivity contribution in [2.24, 2.45) is 0 Å². The fourth-order valence-electron chi connectivity index (χ4n) is 2.03. The molecule has 4 heteroatoms. The maximum Gasteiger partial charge on any atom is 0.166 e. The number of nitrogens with zero attached hydrogens (tertiary/aromatic N) is 1. The van der Waals surface area contributed by atoms with E-state index >= 15 is 0 Å². The van der Waals surface area contributed by atoms with Gasteiger partial charge >= 0.3 is 0 Å². The highest BCUT2D eigenvalue weighted by Gasteiger charge is 2.19. The van der Waals surface area contributed by atoms with Gasteiger partial charge in [0.15, 0.2) is 5.78 Å². The highest BCUT2D eigenvalue weighted by molar-refractivity contribution is 6.34. The first-order chi connectivity index (χ1) is 8.24. The first kappa shape index (κ1) is 12.4.